The van der Waals surface area contributed by atoms with E-state index in [1.54, 1.807) is 20.8 Å². The minimum absolute atomic E-state index is 0.174. The number of carbonyl (C=O) groups excluding carboxylic acids is 1. The van der Waals surface area contributed by atoms with Crippen LogP contribution >= 0.6 is 0 Å². The quantitative estimate of drug-likeness (QED) is 0.702. The van der Waals surface area contributed by atoms with Gasteiger partial charge < -0.3 is 14.7 Å². The van der Waals surface area contributed by atoms with Gasteiger partial charge >= 0.3 is 6.09 Å². The normalized spacial score (nSPS) is 23.5. The fourth-order valence-corrected chi connectivity index (χ4v) is 1.39. The van der Waals surface area contributed by atoms with E-state index >= 15 is 0 Å². The molecule has 0 aromatic carbocycles. The van der Waals surface area contributed by atoms with Crippen LogP contribution in [0.1, 0.15) is 34.6 Å². The smallest absolute Gasteiger partial charge is 0.410 e. The van der Waals surface area contributed by atoms with E-state index in [9.17, 15) is 9.90 Å². The molecule has 1 saturated heterocycles. The van der Waals surface area contributed by atoms with E-state index < -0.39 is 23.7 Å². The van der Waals surface area contributed by atoms with E-state index in [4.69, 9.17) is 10.00 Å². The lowest BCUT2D eigenvalue weighted by Crippen LogP contribution is -2.35. The molecule has 5 nitrogen and oxygen atoms in total. The molecule has 1 aliphatic rings. The van der Waals surface area contributed by atoms with Crippen LogP contribution in [0.15, 0.2) is 0 Å². The molecule has 2 atom stereocenters. The van der Waals surface area contributed by atoms with Crippen molar-refractivity contribution in [1.82, 2.24) is 4.90 Å². The van der Waals surface area contributed by atoms with Crippen molar-refractivity contribution in [3.8, 4) is 6.07 Å². The zero-order valence-corrected chi connectivity index (χ0v) is 11.2. The number of likely N-dealkylation sites (tertiary alicyclic amines) is 1. The minimum Gasteiger partial charge on any atom is -0.444 e. The monoisotopic (exact) mass is 242 g/mol. The number of hydrogen-bond donors (Lipinski definition) is 1. The number of hydrogen-bond acceptors (Lipinski definition) is 4. The summed E-state index contributed by atoms with van der Waals surface area (Å²) in [6, 6.07) is 1.96. The Hall–Kier alpha value is -1.28. The van der Waals surface area contributed by atoms with E-state index in [-0.39, 0.29) is 13.1 Å². The molecule has 0 saturated carbocycles. The van der Waals surface area contributed by atoms with Gasteiger partial charge in [0.15, 0.2) is 0 Å². The summed E-state index contributed by atoms with van der Waals surface area (Å²) in [4.78, 5) is 12.9. The highest BCUT2D eigenvalue weighted by Crippen LogP contribution is 2.19. The second-order valence-corrected chi connectivity index (χ2v) is 4.69. The van der Waals surface area contributed by atoms with E-state index in [1.165, 1.54) is 4.90 Å². The fraction of sp³-hybridized carbons (Fsp3) is 0.833. The highest BCUT2D eigenvalue weighted by atomic mass is 16.6. The number of nitriles is 1. The van der Waals surface area contributed by atoms with Crippen LogP contribution in [0, 0.1) is 17.2 Å². The van der Waals surface area contributed by atoms with Crippen LogP contribution in [0.5, 0.6) is 0 Å². The Bertz CT molecular complexity index is 291. The van der Waals surface area contributed by atoms with Crippen molar-refractivity contribution in [1.29, 1.82) is 5.26 Å². The van der Waals surface area contributed by atoms with Crippen LogP contribution in [0.4, 0.5) is 4.79 Å². The number of amides is 1. The molecule has 2 unspecified atom stereocenters. The standard InChI is InChI=1S/C10H16N2O3.C2H6/c1-10(2,3)15-9(14)12-5-7(4-11)8(13)6-12;1-2/h7-8,13H,5-6H2,1-3H3;1-2H3. The van der Waals surface area contributed by atoms with Gasteiger partial charge in [-0.3, -0.25) is 0 Å². The predicted molar refractivity (Wildman–Crippen MR) is 64.3 cm³/mol. The Morgan fingerprint density at radius 2 is 1.94 bits per heavy atom. The summed E-state index contributed by atoms with van der Waals surface area (Å²) in [7, 11) is 0. The lowest BCUT2D eigenvalue weighted by Gasteiger charge is -2.24. The second kappa shape index (κ2) is 6.45. The van der Waals surface area contributed by atoms with Gasteiger partial charge in [0.1, 0.15) is 5.60 Å². The first kappa shape index (κ1) is 15.7. The van der Waals surface area contributed by atoms with Gasteiger partial charge in [-0.25, -0.2) is 4.79 Å². The molecule has 0 bridgehead atoms. The van der Waals surface area contributed by atoms with Crippen LogP contribution < -0.4 is 0 Å². The second-order valence-electron chi connectivity index (χ2n) is 4.69. The average molecular weight is 242 g/mol. The molecule has 0 aromatic heterocycles. The molecule has 1 heterocycles. The van der Waals surface area contributed by atoms with Gasteiger partial charge in [0.2, 0.25) is 0 Å². The topological polar surface area (TPSA) is 73.6 Å². The van der Waals surface area contributed by atoms with Gasteiger partial charge in [-0.15, -0.1) is 0 Å². The van der Waals surface area contributed by atoms with Crippen LogP contribution in [0.3, 0.4) is 0 Å². The average Bonchev–Trinajstić information content (AvgIpc) is 2.60. The van der Waals surface area contributed by atoms with Crippen molar-refractivity contribution < 1.29 is 14.6 Å². The van der Waals surface area contributed by atoms with Gasteiger partial charge in [0.05, 0.1) is 24.6 Å². The van der Waals surface area contributed by atoms with Crippen LogP contribution in [0.2, 0.25) is 0 Å². The first-order valence-corrected chi connectivity index (χ1v) is 5.89. The number of β-amino-alcohol motifs (C(OH)–C–C–N with tert-alkyl or cyclic N) is 1. The molecule has 1 amide bonds. The van der Waals surface area contributed by atoms with E-state index in [0.29, 0.717) is 0 Å². The molecule has 17 heavy (non-hydrogen) atoms. The van der Waals surface area contributed by atoms with Crippen molar-refractivity contribution in [2.24, 2.45) is 5.92 Å². The number of aliphatic hydroxyl groups is 1. The molecule has 1 rings (SSSR count). The Labute approximate surface area is 103 Å². The summed E-state index contributed by atoms with van der Waals surface area (Å²) in [6.07, 6.45) is -1.23. The third-order valence-electron chi connectivity index (χ3n) is 2.11. The van der Waals surface area contributed by atoms with Crippen LogP contribution in [-0.4, -0.2) is 40.9 Å². The number of carbonyl (C=O) groups is 1. The van der Waals surface area contributed by atoms with Crippen molar-refractivity contribution in [3.63, 3.8) is 0 Å². The van der Waals surface area contributed by atoms with Crippen molar-refractivity contribution >= 4 is 6.09 Å². The lowest BCUT2D eigenvalue weighted by molar-refractivity contribution is 0.0270. The predicted octanol–water partition coefficient (Wildman–Crippen LogP) is 1.76. The molecular formula is C12H22N2O3. The maximum atomic E-state index is 11.6. The molecular weight excluding hydrogens is 220 g/mol. The molecule has 0 spiro atoms. The summed E-state index contributed by atoms with van der Waals surface area (Å²) < 4.78 is 5.13. The lowest BCUT2D eigenvalue weighted by atomic mass is 10.1. The highest BCUT2D eigenvalue weighted by Gasteiger charge is 2.36. The van der Waals surface area contributed by atoms with Gasteiger partial charge in [-0.2, -0.15) is 5.26 Å². The van der Waals surface area contributed by atoms with Crippen molar-refractivity contribution in [2.75, 3.05) is 13.1 Å². The van der Waals surface area contributed by atoms with Gasteiger partial charge in [-0.1, -0.05) is 13.8 Å². The SMILES string of the molecule is CC.CC(C)(C)OC(=O)N1CC(O)C(C#N)C1. The van der Waals surface area contributed by atoms with Crippen LogP contribution in [0.25, 0.3) is 0 Å². The maximum Gasteiger partial charge on any atom is 0.410 e. The molecule has 1 fully saturated rings. The van der Waals surface area contributed by atoms with Crippen molar-refractivity contribution in [3.05, 3.63) is 0 Å². The Balaban J connectivity index is 0.00000121. The summed E-state index contributed by atoms with van der Waals surface area (Å²) in [5.41, 5.74) is -0.549. The molecule has 0 radical (unpaired) electrons. The van der Waals surface area contributed by atoms with Crippen LogP contribution in [-0.2, 0) is 4.74 Å². The number of nitrogens with zero attached hydrogens (tertiary/aromatic N) is 2. The molecule has 1 N–H and O–H groups in total. The fourth-order valence-electron chi connectivity index (χ4n) is 1.39. The number of aliphatic hydroxyl groups excluding tert-OH is 1. The zero-order valence-electron chi connectivity index (χ0n) is 11.2. The van der Waals surface area contributed by atoms with Gasteiger partial charge in [0.25, 0.3) is 0 Å². The summed E-state index contributed by atoms with van der Waals surface area (Å²) in [5, 5.41) is 18.1. The van der Waals surface area contributed by atoms with E-state index in [2.05, 4.69) is 0 Å². The highest BCUT2D eigenvalue weighted by molar-refractivity contribution is 5.68. The van der Waals surface area contributed by atoms with Gasteiger partial charge in [0, 0.05) is 6.54 Å². The Kier molecular flexibility index (Phi) is 5.97. The summed E-state index contributed by atoms with van der Waals surface area (Å²) in [6.45, 7) is 9.75. The number of rotatable bonds is 0. The largest absolute Gasteiger partial charge is 0.444 e. The molecule has 0 aliphatic carbocycles. The third kappa shape index (κ3) is 5.05. The summed E-state index contributed by atoms with van der Waals surface area (Å²) >= 11 is 0. The number of ether oxygens (including phenoxy) is 1. The minimum atomic E-state index is -0.762. The Morgan fingerprint density at radius 1 is 1.41 bits per heavy atom. The molecule has 5 heteroatoms. The molecule has 0 aromatic rings. The first-order valence-electron chi connectivity index (χ1n) is 5.89. The molecule has 1 aliphatic heterocycles. The van der Waals surface area contributed by atoms with Crippen molar-refractivity contribution in [2.45, 2.75) is 46.3 Å². The Morgan fingerprint density at radius 3 is 2.29 bits per heavy atom. The molecule has 98 valence electrons. The van der Waals surface area contributed by atoms with E-state index in [1.807, 2.05) is 19.9 Å². The first-order chi connectivity index (χ1) is 7.83. The third-order valence-corrected chi connectivity index (χ3v) is 2.11. The maximum absolute atomic E-state index is 11.6. The van der Waals surface area contributed by atoms with E-state index in [0.717, 1.165) is 0 Å². The zero-order chi connectivity index (χ0) is 13.6. The van der Waals surface area contributed by atoms with Gasteiger partial charge in [-0.05, 0) is 20.8 Å². The summed E-state index contributed by atoms with van der Waals surface area (Å²) in [5.74, 6) is -0.502.